The summed E-state index contributed by atoms with van der Waals surface area (Å²) in [5.74, 6) is -4.42. The molecule has 3 rings (SSSR count). The zero-order valence-corrected chi connectivity index (χ0v) is 20.6. The van der Waals surface area contributed by atoms with Gasteiger partial charge in [-0.2, -0.15) is 0 Å². The molecule has 0 radical (unpaired) electrons. The third-order valence-corrected chi connectivity index (χ3v) is 6.88. The Morgan fingerprint density at radius 3 is 1.35 bits per heavy atom. The number of carboxylic acid groups (broad SMARTS) is 3. The summed E-state index contributed by atoms with van der Waals surface area (Å²) < 4.78 is 5.95. The van der Waals surface area contributed by atoms with E-state index in [2.05, 4.69) is 0 Å². The van der Waals surface area contributed by atoms with Crippen molar-refractivity contribution in [2.24, 2.45) is 5.41 Å². The van der Waals surface area contributed by atoms with E-state index in [9.17, 15) is 29.7 Å². The van der Waals surface area contributed by atoms with E-state index >= 15 is 0 Å². The molecule has 0 aliphatic heterocycles. The van der Waals surface area contributed by atoms with Crippen LogP contribution < -0.4 is 0 Å². The number of aliphatic carboxylic acids is 3. The number of ether oxygens (including phenoxy) is 1. The van der Waals surface area contributed by atoms with Gasteiger partial charge in [-0.25, -0.2) is 4.79 Å². The lowest BCUT2D eigenvalue weighted by atomic mass is 9.63. The monoisotopic (exact) mass is 504 g/mol. The number of hydrogen-bond acceptors (Lipinski definition) is 4. The molecule has 0 aromatic heterocycles. The van der Waals surface area contributed by atoms with Crippen molar-refractivity contribution in [3.05, 3.63) is 108 Å². The molecule has 0 saturated heterocycles. The van der Waals surface area contributed by atoms with E-state index in [4.69, 9.17) is 4.74 Å². The van der Waals surface area contributed by atoms with E-state index in [1.165, 1.54) is 0 Å². The number of carbonyl (C=O) groups is 3. The molecule has 37 heavy (non-hydrogen) atoms. The number of carboxylic acids is 3. The summed E-state index contributed by atoms with van der Waals surface area (Å²) in [6.45, 7) is -0.144. The van der Waals surface area contributed by atoms with Crippen LogP contribution in [0.15, 0.2) is 91.0 Å². The van der Waals surface area contributed by atoms with E-state index in [0.29, 0.717) is 6.42 Å². The van der Waals surface area contributed by atoms with Crippen LogP contribution in [0.4, 0.5) is 0 Å². The van der Waals surface area contributed by atoms with Gasteiger partial charge in [-0.05, 0) is 48.8 Å². The Bertz CT molecular complexity index is 1120. The third-order valence-electron chi connectivity index (χ3n) is 6.88. The molecule has 3 N–H and O–H groups in total. The average molecular weight is 505 g/mol. The summed E-state index contributed by atoms with van der Waals surface area (Å²) in [7, 11) is 0. The predicted molar refractivity (Wildman–Crippen MR) is 138 cm³/mol. The van der Waals surface area contributed by atoms with E-state index < -0.39 is 35.3 Å². The van der Waals surface area contributed by atoms with Gasteiger partial charge in [0, 0.05) is 0 Å². The van der Waals surface area contributed by atoms with Crippen LogP contribution in [0.1, 0.15) is 36.0 Å². The molecule has 3 aromatic rings. The SMILES string of the molecule is O=C(O)CC(OCCc1ccccc1)(C(=O)O)C(CCc1ccccc1)(CCc1ccccc1)C(=O)O. The summed E-state index contributed by atoms with van der Waals surface area (Å²) in [5.41, 5.74) is -1.98. The molecule has 7 nitrogen and oxygen atoms in total. The van der Waals surface area contributed by atoms with Crippen LogP contribution >= 0.6 is 0 Å². The Morgan fingerprint density at radius 1 is 0.595 bits per heavy atom. The molecule has 1 atom stereocenters. The molecule has 0 bridgehead atoms. The van der Waals surface area contributed by atoms with Crippen molar-refractivity contribution in [3.63, 3.8) is 0 Å². The molecule has 0 amide bonds. The molecular weight excluding hydrogens is 472 g/mol. The Balaban J connectivity index is 2.05. The lowest BCUT2D eigenvalue weighted by molar-refractivity contribution is -0.207. The molecule has 1 unspecified atom stereocenters. The van der Waals surface area contributed by atoms with E-state index in [1.54, 1.807) is 0 Å². The lowest BCUT2D eigenvalue weighted by Gasteiger charge is -2.44. The van der Waals surface area contributed by atoms with Crippen LogP contribution in [0.3, 0.4) is 0 Å². The van der Waals surface area contributed by atoms with Gasteiger partial charge in [0.2, 0.25) is 0 Å². The summed E-state index contributed by atoms with van der Waals surface area (Å²) in [6, 6.07) is 27.5. The Morgan fingerprint density at radius 2 is 1.00 bits per heavy atom. The van der Waals surface area contributed by atoms with Crippen LogP contribution in [0.2, 0.25) is 0 Å². The highest BCUT2D eigenvalue weighted by atomic mass is 16.5. The standard InChI is InChI=1S/C30H32O7/c31-26(32)22-30(28(35)36,37-21-18-25-14-8-3-9-15-25)29(27(33)34,19-16-23-10-4-1-5-11-23)20-17-24-12-6-2-7-13-24/h1-15H,16-22H2,(H,31,32)(H,33,34)(H,35,36). The van der Waals surface area contributed by atoms with Crippen molar-refractivity contribution >= 4 is 17.9 Å². The van der Waals surface area contributed by atoms with Crippen molar-refractivity contribution < 1.29 is 34.4 Å². The Labute approximate surface area is 216 Å². The predicted octanol–water partition coefficient (Wildman–Crippen LogP) is 4.88. The molecule has 0 saturated carbocycles. The Hall–Kier alpha value is -3.97. The van der Waals surface area contributed by atoms with Gasteiger partial charge in [0.25, 0.3) is 0 Å². The quantitative estimate of drug-likeness (QED) is 0.270. The van der Waals surface area contributed by atoms with E-state index in [1.807, 2.05) is 91.0 Å². The van der Waals surface area contributed by atoms with Gasteiger partial charge in [-0.3, -0.25) is 9.59 Å². The topological polar surface area (TPSA) is 121 Å². The minimum atomic E-state index is -2.48. The molecule has 0 heterocycles. The summed E-state index contributed by atoms with van der Waals surface area (Å²) >= 11 is 0. The van der Waals surface area contributed by atoms with Crippen LogP contribution in [0.5, 0.6) is 0 Å². The fourth-order valence-corrected chi connectivity index (χ4v) is 4.82. The third kappa shape index (κ3) is 6.83. The van der Waals surface area contributed by atoms with Crippen molar-refractivity contribution in [1.29, 1.82) is 0 Å². The first kappa shape index (κ1) is 27.6. The molecular formula is C30H32O7. The van der Waals surface area contributed by atoms with E-state index in [0.717, 1.165) is 16.7 Å². The molecule has 7 heteroatoms. The van der Waals surface area contributed by atoms with E-state index in [-0.39, 0.29) is 32.3 Å². The second kappa shape index (κ2) is 12.8. The van der Waals surface area contributed by atoms with Gasteiger partial charge >= 0.3 is 17.9 Å². The largest absolute Gasteiger partial charge is 0.481 e. The molecule has 3 aromatic carbocycles. The summed E-state index contributed by atoms with van der Waals surface area (Å²) in [6.07, 6.45) is -0.388. The number of aryl methyl sites for hydroxylation is 2. The molecule has 0 aliphatic carbocycles. The average Bonchev–Trinajstić information content (AvgIpc) is 2.89. The minimum absolute atomic E-state index is 0.107. The number of rotatable bonds is 15. The first-order valence-electron chi connectivity index (χ1n) is 12.2. The summed E-state index contributed by atoms with van der Waals surface area (Å²) in [4.78, 5) is 38.0. The maximum Gasteiger partial charge on any atom is 0.337 e. The molecule has 194 valence electrons. The van der Waals surface area contributed by atoms with Gasteiger partial charge in [0.15, 0.2) is 5.60 Å². The van der Waals surface area contributed by atoms with Crippen molar-refractivity contribution in [3.8, 4) is 0 Å². The maximum absolute atomic E-state index is 13.1. The van der Waals surface area contributed by atoms with Crippen molar-refractivity contribution in [2.75, 3.05) is 6.61 Å². The van der Waals surface area contributed by atoms with Crippen LogP contribution in [-0.4, -0.2) is 45.4 Å². The van der Waals surface area contributed by atoms with Crippen LogP contribution in [0.25, 0.3) is 0 Å². The van der Waals surface area contributed by atoms with Gasteiger partial charge in [0.05, 0.1) is 13.0 Å². The lowest BCUT2D eigenvalue weighted by Crippen LogP contribution is -2.61. The maximum atomic E-state index is 13.1. The van der Waals surface area contributed by atoms with Crippen molar-refractivity contribution in [2.45, 2.75) is 44.1 Å². The highest BCUT2D eigenvalue weighted by Crippen LogP contribution is 2.46. The fourth-order valence-electron chi connectivity index (χ4n) is 4.82. The molecule has 0 aliphatic rings. The van der Waals surface area contributed by atoms with Crippen LogP contribution in [-0.2, 0) is 38.4 Å². The second-order valence-corrected chi connectivity index (χ2v) is 9.15. The van der Waals surface area contributed by atoms with Gasteiger partial charge < -0.3 is 20.1 Å². The fraction of sp³-hybridized carbons (Fsp3) is 0.300. The van der Waals surface area contributed by atoms with Gasteiger partial charge in [-0.1, -0.05) is 91.0 Å². The Kier molecular flexibility index (Phi) is 9.57. The second-order valence-electron chi connectivity index (χ2n) is 9.15. The molecule has 0 spiro atoms. The summed E-state index contributed by atoms with van der Waals surface area (Å²) in [5, 5.41) is 30.9. The first-order chi connectivity index (χ1) is 17.8. The van der Waals surface area contributed by atoms with Gasteiger partial charge in [-0.15, -0.1) is 0 Å². The first-order valence-corrected chi connectivity index (χ1v) is 12.2. The highest BCUT2D eigenvalue weighted by Gasteiger charge is 2.63. The smallest absolute Gasteiger partial charge is 0.337 e. The zero-order valence-electron chi connectivity index (χ0n) is 20.6. The normalized spacial score (nSPS) is 13.0. The minimum Gasteiger partial charge on any atom is -0.481 e. The number of benzene rings is 3. The highest BCUT2D eigenvalue weighted by molar-refractivity contribution is 5.92. The van der Waals surface area contributed by atoms with Gasteiger partial charge in [0.1, 0.15) is 5.41 Å². The van der Waals surface area contributed by atoms with Crippen LogP contribution in [0, 0.1) is 5.41 Å². The number of hydrogen-bond donors (Lipinski definition) is 3. The zero-order chi connectivity index (χ0) is 26.7. The molecule has 0 fully saturated rings. The van der Waals surface area contributed by atoms with Crippen molar-refractivity contribution in [1.82, 2.24) is 0 Å².